The van der Waals surface area contributed by atoms with Crippen molar-refractivity contribution in [1.29, 1.82) is 0 Å². The van der Waals surface area contributed by atoms with Gasteiger partial charge in [0, 0.05) is 12.1 Å². The van der Waals surface area contributed by atoms with Crippen molar-refractivity contribution in [3.8, 4) is 0 Å². The van der Waals surface area contributed by atoms with E-state index in [-0.39, 0.29) is 0 Å². The Morgan fingerprint density at radius 3 is 2.50 bits per heavy atom. The van der Waals surface area contributed by atoms with Crippen LogP contribution in [-0.2, 0) is 4.74 Å². The minimum atomic E-state index is -0.798. The van der Waals surface area contributed by atoms with Crippen LogP contribution in [0.5, 0.6) is 0 Å². The molecule has 2 aliphatic heterocycles. The van der Waals surface area contributed by atoms with Gasteiger partial charge in [-0.15, -0.1) is 0 Å². The summed E-state index contributed by atoms with van der Waals surface area (Å²) in [5.41, 5.74) is 5.05. The van der Waals surface area contributed by atoms with Crippen LogP contribution in [-0.4, -0.2) is 42.5 Å². The highest BCUT2D eigenvalue weighted by atomic mass is 16.5. The first-order valence-electron chi connectivity index (χ1n) is 5.46. The van der Waals surface area contributed by atoms with Gasteiger partial charge < -0.3 is 20.9 Å². The Morgan fingerprint density at radius 2 is 1.93 bits per heavy atom. The zero-order chi connectivity index (χ0) is 10.1. The smallest absolute Gasteiger partial charge is 0.106 e. The lowest BCUT2D eigenvalue weighted by atomic mass is 9.71. The molecule has 4 nitrogen and oxygen atoms in total. The molecule has 4 N–H and O–H groups in total. The van der Waals surface area contributed by atoms with Crippen LogP contribution in [0.4, 0.5) is 0 Å². The molecule has 0 bridgehead atoms. The zero-order valence-electron chi connectivity index (χ0n) is 8.59. The molecule has 0 aromatic rings. The number of aliphatic hydroxyl groups is 1. The van der Waals surface area contributed by atoms with E-state index >= 15 is 0 Å². The van der Waals surface area contributed by atoms with Crippen LogP contribution >= 0.6 is 0 Å². The van der Waals surface area contributed by atoms with Gasteiger partial charge in [0.25, 0.3) is 0 Å². The molecule has 14 heavy (non-hydrogen) atoms. The van der Waals surface area contributed by atoms with Crippen LogP contribution in [0.1, 0.15) is 25.7 Å². The van der Waals surface area contributed by atoms with Crippen molar-refractivity contribution in [1.82, 2.24) is 5.32 Å². The van der Waals surface area contributed by atoms with E-state index in [0.29, 0.717) is 6.61 Å². The Kier molecular flexibility index (Phi) is 2.79. The summed E-state index contributed by atoms with van der Waals surface area (Å²) in [6.45, 7) is 2.97. The molecule has 2 saturated heterocycles. The van der Waals surface area contributed by atoms with Crippen LogP contribution < -0.4 is 11.1 Å². The van der Waals surface area contributed by atoms with Gasteiger partial charge in [-0.2, -0.15) is 0 Å². The van der Waals surface area contributed by atoms with E-state index in [4.69, 9.17) is 10.5 Å². The minimum absolute atomic E-state index is 0.406. The quantitative estimate of drug-likeness (QED) is 0.539. The average molecular weight is 200 g/mol. The van der Waals surface area contributed by atoms with Gasteiger partial charge in [-0.3, -0.25) is 0 Å². The molecule has 2 rings (SSSR count). The summed E-state index contributed by atoms with van der Waals surface area (Å²) in [4.78, 5) is 0. The SMILES string of the molecule is NC1(C2(O)CCCOC2)CCNCC1. The summed E-state index contributed by atoms with van der Waals surface area (Å²) in [5.74, 6) is 0. The van der Waals surface area contributed by atoms with Gasteiger partial charge in [-0.25, -0.2) is 0 Å². The van der Waals surface area contributed by atoms with Gasteiger partial charge in [0.05, 0.1) is 6.61 Å². The second kappa shape index (κ2) is 3.77. The Hall–Kier alpha value is -0.160. The summed E-state index contributed by atoms with van der Waals surface area (Å²) in [5, 5.41) is 13.7. The molecule has 2 heterocycles. The maximum Gasteiger partial charge on any atom is 0.106 e. The van der Waals surface area contributed by atoms with Crippen molar-refractivity contribution in [2.45, 2.75) is 36.8 Å². The number of hydrogen-bond acceptors (Lipinski definition) is 4. The van der Waals surface area contributed by atoms with Crippen LogP contribution in [0.3, 0.4) is 0 Å². The Balaban J connectivity index is 2.09. The maximum atomic E-state index is 10.5. The van der Waals surface area contributed by atoms with E-state index in [9.17, 15) is 5.11 Å². The van der Waals surface area contributed by atoms with Crippen molar-refractivity contribution in [3.05, 3.63) is 0 Å². The van der Waals surface area contributed by atoms with Crippen molar-refractivity contribution in [2.24, 2.45) is 5.73 Å². The lowest BCUT2D eigenvalue weighted by Gasteiger charge is -2.48. The van der Waals surface area contributed by atoms with Gasteiger partial charge in [0.15, 0.2) is 0 Å². The Morgan fingerprint density at radius 1 is 1.21 bits per heavy atom. The second-order valence-electron chi connectivity index (χ2n) is 4.59. The van der Waals surface area contributed by atoms with Gasteiger partial charge in [-0.05, 0) is 38.8 Å². The fraction of sp³-hybridized carbons (Fsp3) is 1.00. The van der Waals surface area contributed by atoms with Crippen LogP contribution in [0.2, 0.25) is 0 Å². The van der Waals surface area contributed by atoms with Crippen LogP contribution in [0, 0.1) is 0 Å². The summed E-state index contributed by atoms with van der Waals surface area (Å²) in [7, 11) is 0. The van der Waals surface area contributed by atoms with E-state index < -0.39 is 11.1 Å². The lowest BCUT2D eigenvalue weighted by molar-refractivity contribution is -0.135. The van der Waals surface area contributed by atoms with Gasteiger partial charge in [-0.1, -0.05) is 0 Å². The van der Waals surface area contributed by atoms with Crippen molar-refractivity contribution < 1.29 is 9.84 Å². The van der Waals surface area contributed by atoms with Crippen molar-refractivity contribution in [3.63, 3.8) is 0 Å². The first-order valence-corrected chi connectivity index (χ1v) is 5.46. The number of piperidine rings is 1. The van der Waals surface area contributed by atoms with Gasteiger partial charge in [0.1, 0.15) is 5.60 Å². The molecule has 2 aliphatic rings. The molecule has 0 aromatic heterocycles. The van der Waals surface area contributed by atoms with Crippen molar-refractivity contribution >= 4 is 0 Å². The zero-order valence-corrected chi connectivity index (χ0v) is 8.59. The average Bonchev–Trinajstić information content (AvgIpc) is 2.20. The molecule has 1 atom stereocenters. The molecule has 0 radical (unpaired) electrons. The molecule has 2 fully saturated rings. The summed E-state index contributed by atoms with van der Waals surface area (Å²) in [6.07, 6.45) is 3.38. The minimum Gasteiger partial charge on any atom is -0.386 e. The molecule has 4 heteroatoms. The largest absolute Gasteiger partial charge is 0.386 e. The third kappa shape index (κ3) is 1.67. The topological polar surface area (TPSA) is 67.5 Å². The Bertz CT molecular complexity index is 174. The molecule has 82 valence electrons. The monoisotopic (exact) mass is 200 g/mol. The van der Waals surface area contributed by atoms with Crippen molar-refractivity contribution in [2.75, 3.05) is 26.3 Å². The number of nitrogens with two attached hydrogens (primary N) is 1. The molecule has 0 aliphatic carbocycles. The normalized spacial score (nSPS) is 38.1. The van der Waals surface area contributed by atoms with E-state index in [1.165, 1.54) is 0 Å². The standard InChI is InChI=1S/C10H20N2O2/c11-9(3-5-12-6-4-9)10(13)2-1-7-14-8-10/h12-13H,1-8,11H2. The predicted molar refractivity (Wildman–Crippen MR) is 54.0 cm³/mol. The van der Waals surface area contributed by atoms with Gasteiger partial charge >= 0.3 is 0 Å². The molecule has 1 unspecified atom stereocenters. The summed E-state index contributed by atoms with van der Waals surface area (Å²) in [6, 6.07) is 0. The van der Waals surface area contributed by atoms with Crippen LogP contribution in [0.25, 0.3) is 0 Å². The molecule has 0 spiro atoms. The van der Waals surface area contributed by atoms with E-state index in [0.717, 1.165) is 45.4 Å². The predicted octanol–water partition coefficient (Wildman–Crippen LogP) is -0.391. The lowest BCUT2D eigenvalue weighted by Crippen LogP contribution is -2.67. The van der Waals surface area contributed by atoms with E-state index in [2.05, 4.69) is 5.32 Å². The molecule has 0 amide bonds. The van der Waals surface area contributed by atoms with E-state index in [1.54, 1.807) is 0 Å². The highest BCUT2D eigenvalue weighted by Crippen LogP contribution is 2.34. The molecular weight excluding hydrogens is 180 g/mol. The Labute approximate surface area is 84.8 Å². The fourth-order valence-corrected chi connectivity index (χ4v) is 2.51. The first kappa shape index (κ1) is 10.4. The number of rotatable bonds is 1. The van der Waals surface area contributed by atoms with Gasteiger partial charge in [0.2, 0.25) is 0 Å². The first-order chi connectivity index (χ1) is 6.66. The molecule has 0 aromatic carbocycles. The highest BCUT2D eigenvalue weighted by Gasteiger charge is 2.48. The summed E-state index contributed by atoms with van der Waals surface area (Å²) < 4.78 is 5.35. The van der Waals surface area contributed by atoms with E-state index in [1.807, 2.05) is 0 Å². The molecule has 0 saturated carbocycles. The van der Waals surface area contributed by atoms with Crippen LogP contribution in [0.15, 0.2) is 0 Å². The maximum absolute atomic E-state index is 10.5. The number of ether oxygens (including phenoxy) is 1. The summed E-state index contributed by atoms with van der Waals surface area (Å²) >= 11 is 0. The number of nitrogens with one attached hydrogen (secondary N) is 1. The highest BCUT2D eigenvalue weighted by molar-refractivity contribution is 5.06. The second-order valence-corrected chi connectivity index (χ2v) is 4.59. The fourth-order valence-electron chi connectivity index (χ4n) is 2.51. The third-order valence-electron chi connectivity index (χ3n) is 3.64. The number of hydrogen-bond donors (Lipinski definition) is 3. The third-order valence-corrected chi connectivity index (χ3v) is 3.64. The molecular formula is C10H20N2O2.